The molecule has 3 heterocycles. The monoisotopic (exact) mass is 369 g/mol. The van der Waals surface area contributed by atoms with Crippen molar-refractivity contribution in [1.82, 2.24) is 15.1 Å². The maximum absolute atomic E-state index is 13.1. The highest BCUT2D eigenvalue weighted by Crippen LogP contribution is 2.43. The first kappa shape index (κ1) is 18.2. The molecular formula is C21H27N3O3. The second-order valence-corrected chi connectivity index (χ2v) is 7.63. The van der Waals surface area contributed by atoms with E-state index in [0.29, 0.717) is 31.3 Å². The number of likely N-dealkylation sites (tertiary alicyclic amines) is 1. The van der Waals surface area contributed by atoms with Crippen LogP contribution in [0.25, 0.3) is 0 Å². The Morgan fingerprint density at radius 3 is 2.85 bits per heavy atom. The lowest BCUT2D eigenvalue weighted by atomic mass is 9.87. The zero-order chi connectivity index (χ0) is 19.0. The fourth-order valence-corrected chi connectivity index (χ4v) is 4.51. The van der Waals surface area contributed by atoms with Crippen molar-refractivity contribution >= 4 is 5.91 Å². The van der Waals surface area contributed by atoms with E-state index < -0.39 is 5.60 Å². The van der Waals surface area contributed by atoms with Gasteiger partial charge < -0.3 is 14.4 Å². The molecule has 144 valence electrons. The maximum atomic E-state index is 13.1. The number of hydrogen-bond donors (Lipinski definition) is 1. The summed E-state index contributed by atoms with van der Waals surface area (Å²) >= 11 is 0. The van der Waals surface area contributed by atoms with Gasteiger partial charge in [-0.1, -0.05) is 37.3 Å². The lowest BCUT2D eigenvalue weighted by Gasteiger charge is -2.28. The topological polar surface area (TPSA) is 67.5 Å². The number of ether oxygens (including phenoxy) is 2. The first-order valence-electron chi connectivity index (χ1n) is 9.62. The SMILES string of the molecule is CCc1[nH]nc(C(=O)N2C[C@@H](OC)[C@@]3(C[C@@H](c4ccccc4)CO3)C2)c1C. The third-order valence-electron chi connectivity index (χ3n) is 6.10. The number of rotatable bonds is 4. The minimum absolute atomic E-state index is 0.0471. The van der Waals surface area contributed by atoms with Gasteiger partial charge in [-0.3, -0.25) is 9.89 Å². The minimum atomic E-state index is -0.442. The molecule has 0 saturated carbocycles. The largest absolute Gasteiger partial charge is 0.377 e. The molecule has 1 N–H and O–H groups in total. The van der Waals surface area contributed by atoms with Crippen LogP contribution < -0.4 is 0 Å². The van der Waals surface area contributed by atoms with Gasteiger partial charge in [0.2, 0.25) is 0 Å². The maximum Gasteiger partial charge on any atom is 0.274 e. The summed E-state index contributed by atoms with van der Waals surface area (Å²) in [6, 6.07) is 10.4. The molecule has 2 aliphatic heterocycles. The molecule has 2 aromatic rings. The summed E-state index contributed by atoms with van der Waals surface area (Å²) in [5, 5.41) is 7.24. The summed E-state index contributed by atoms with van der Waals surface area (Å²) in [6.07, 6.45) is 1.57. The molecule has 1 aromatic carbocycles. The van der Waals surface area contributed by atoms with Crippen molar-refractivity contribution < 1.29 is 14.3 Å². The van der Waals surface area contributed by atoms with Gasteiger partial charge >= 0.3 is 0 Å². The summed E-state index contributed by atoms with van der Waals surface area (Å²) in [5.74, 6) is 0.284. The van der Waals surface area contributed by atoms with Crippen LogP contribution in [0.15, 0.2) is 30.3 Å². The van der Waals surface area contributed by atoms with Gasteiger partial charge in [0, 0.05) is 24.3 Å². The smallest absolute Gasteiger partial charge is 0.274 e. The molecule has 0 radical (unpaired) electrons. The van der Waals surface area contributed by atoms with Gasteiger partial charge in [-0.05, 0) is 25.3 Å². The number of aromatic nitrogens is 2. The van der Waals surface area contributed by atoms with Crippen LogP contribution in [0.1, 0.15) is 46.6 Å². The van der Waals surface area contributed by atoms with E-state index in [1.54, 1.807) is 7.11 Å². The van der Waals surface area contributed by atoms with Crippen LogP contribution in [0.2, 0.25) is 0 Å². The molecule has 6 heteroatoms. The van der Waals surface area contributed by atoms with Gasteiger partial charge in [0.15, 0.2) is 5.69 Å². The number of nitrogens with one attached hydrogen (secondary N) is 1. The van der Waals surface area contributed by atoms with E-state index in [4.69, 9.17) is 9.47 Å². The van der Waals surface area contributed by atoms with Crippen molar-refractivity contribution in [1.29, 1.82) is 0 Å². The van der Waals surface area contributed by atoms with Gasteiger partial charge in [-0.25, -0.2) is 0 Å². The molecule has 1 aromatic heterocycles. The number of H-pyrrole nitrogens is 1. The van der Waals surface area contributed by atoms with E-state index in [2.05, 4.69) is 41.4 Å². The van der Waals surface area contributed by atoms with Gasteiger partial charge in [-0.2, -0.15) is 5.10 Å². The zero-order valence-electron chi connectivity index (χ0n) is 16.2. The van der Waals surface area contributed by atoms with Crippen molar-refractivity contribution in [2.75, 3.05) is 26.8 Å². The number of carbonyl (C=O) groups is 1. The molecule has 2 aliphatic rings. The summed E-state index contributed by atoms with van der Waals surface area (Å²) < 4.78 is 12.1. The summed E-state index contributed by atoms with van der Waals surface area (Å²) in [6.45, 7) is 5.74. The molecule has 0 unspecified atom stereocenters. The lowest BCUT2D eigenvalue weighted by Crippen LogP contribution is -2.42. The molecule has 2 fully saturated rings. The molecule has 6 nitrogen and oxygen atoms in total. The Balaban J connectivity index is 1.54. The second-order valence-electron chi connectivity index (χ2n) is 7.63. The number of methoxy groups -OCH3 is 1. The van der Waals surface area contributed by atoms with Gasteiger partial charge in [0.05, 0.1) is 19.7 Å². The van der Waals surface area contributed by atoms with E-state index in [9.17, 15) is 4.79 Å². The number of benzene rings is 1. The molecule has 27 heavy (non-hydrogen) atoms. The molecular weight excluding hydrogens is 342 g/mol. The quantitative estimate of drug-likeness (QED) is 0.900. The average molecular weight is 369 g/mol. The van der Waals surface area contributed by atoms with Crippen LogP contribution in [0.4, 0.5) is 0 Å². The van der Waals surface area contributed by atoms with Gasteiger partial charge in [0.1, 0.15) is 11.7 Å². The number of amides is 1. The van der Waals surface area contributed by atoms with Crippen LogP contribution >= 0.6 is 0 Å². The fourth-order valence-electron chi connectivity index (χ4n) is 4.51. The van der Waals surface area contributed by atoms with Crippen LogP contribution in [0, 0.1) is 6.92 Å². The standard InChI is InChI=1S/C21H27N3O3/c1-4-17-14(2)19(23-22-17)20(25)24-11-18(26-3)21(13-24)10-16(12-27-21)15-8-6-5-7-9-15/h5-9,16,18H,4,10-13H2,1-3H3,(H,22,23)/t16-,18-,21-/m1/s1. The first-order chi connectivity index (χ1) is 13.1. The predicted octanol–water partition coefficient (Wildman–Crippen LogP) is 2.69. The summed E-state index contributed by atoms with van der Waals surface area (Å²) in [7, 11) is 1.70. The Morgan fingerprint density at radius 2 is 2.19 bits per heavy atom. The zero-order valence-corrected chi connectivity index (χ0v) is 16.2. The van der Waals surface area contributed by atoms with E-state index in [1.807, 2.05) is 17.9 Å². The number of aromatic amines is 1. The molecule has 1 spiro atoms. The van der Waals surface area contributed by atoms with Crippen molar-refractivity contribution in [3.8, 4) is 0 Å². The normalized spacial score (nSPS) is 27.6. The highest BCUT2D eigenvalue weighted by atomic mass is 16.6. The van der Waals surface area contributed by atoms with E-state index >= 15 is 0 Å². The van der Waals surface area contributed by atoms with Crippen molar-refractivity contribution in [2.24, 2.45) is 0 Å². The van der Waals surface area contributed by atoms with Gasteiger partial charge in [0.25, 0.3) is 5.91 Å². The predicted molar refractivity (Wildman–Crippen MR) is 102 cm³/mol. The second kappa shape index (κ2) is 7.09. The third-order valence-corrected chi connectivity index (χ3v) is 6.10. The number of nitrogens with zero attached hydrogens (tertiary/aromatic N) is 2. The fraction of sp³-hybridized carbons (Fsp3) is 0.524. The third kappa shape index (κ3) is 3.07. The Kier molecular flexibility index (Phi) is 4.78. The highest BCUT2D eigenvalue weighted by molar-refractivity contribution is 5.94. The Bertz CT molecular complexity index is 819. The molecule has 2 saturated heterocycles. The van der Waals surface area contributed by atoms with E-state index in [1.165, 1.54) is 5.56 Å². The molecule has 4 rings (SSSR count). The number of carbonyl (C=O) groups excluding carboxylic acids is 1. The van der Waals surface area contributed by atoms with Gasteiger partial charge in [-0.15, -0.1) is 0 Å². The lowest BCUT2D eigenvalue weighted by molar-refractivity contribution is -0.0755. The van der Waals surface area contributed by atoms with Crippen LogP contribution in [-0.4, -0.2) is 59.5 Å². The van der Waals surface area contributed by atoms with Crippen LogP contribution in [0.5, 0.6) is 0 Å². The highest BCUT2D eigenvalue weighted by Gasteiger charge is 2.54. The van der Waals surface area contributed by atoms with Crippen molar-refractivity contribution in [3.05, 3.63) is 52.8 Å². The summed E-state index contributed by atoms with van der Waals surface area (Å²) in [5.41, 5.74) is 3.30. The Morgan fingerprint density at radius 1 is 1.41 bits per heavy atom. The first-order valence-corrected chi connectivity index (χ1v) is 9.62. The van der Waals surface area contributed by atoms with E-state index in [-0.39, 0.29) is 12.0 Å². The summed E-state index contributed by atoms with van der Waals surface area (Å²) in [4.78, 5) is 14.9. The molecule has 1 amide bonds. The van der Waals surface area contributed by atoms with Crippen molar-refractivity contribution in [3.63, 3.8) is 0 Å². The van der Waals surface area contributed by atoms with Crippen LogP contribution in [-0.2, 0) is 15.9 Å². The average Bonchev–Trinajstić information content (AvgIpc) is 3.39. The van der Waals surface area contributed by atoms with Crippen LogP contribution in [0.3, 0.4) is 0 Å². The Hall–Kier alpha value is -2.18. The molecule has 0 bridgehead atoms. The number of hydrogen-bond acceptors (Lipinski definition) is 4. The molecule has 0 aliphatic carbocycles. The van der Waals surface area contributed by atoms with E-state index in [0.717, 1.165) is 24.1 Å². The molecule has 3 atom stereocenters. The Labute approximate surface area is 159 Å². The minimum Gasteiger partial charge on any atom is -0.377 e. The van der Waals surface area contributed by atoms with Crippen molar-refractivity contribution in [2.45, 2.75) is 44.3 Å². The number of aryl methyl sites for hydroxylation is 1.